The summed E-state index contributed by atoms with van der Waals surface area (Å²) in [6.07, 6.45) is 0. The Bertz CT molecular complexity index is 3580. The summed E-state index contributed by atoms with van der Waals surface area (Å²) in [5.74, 6) is 0. The van der Waals surface area contributed by atoms with Crippen LogP contribution < -0.4 is 4.90 Å². The second-order valence-electron chi connectivity index (χ2n) is 16.8. The van der Waals surface area contributed by atoms with Crippen LogP contribution >= 0.6 is 0 Å². The van der Waals surface area contributed by atoms with E-state index in [4.69, 9.17) is 0 Å². The number of rotatable bonds is 6. The van der Waals surface area contributed by atoms with Crippen LogP contribution in [0.5, 0.6) is 0 Å². The van der Waals surface area contributed by atoms with Crippen molar-refractivity contribution in [1.29, 1.82) is 0 Å². The van der Waals surface area contributed by atoms with E-state index in [1.165, 1.54) is 94.3 Å². The molecule has 0 N–H and O–H groups in total. The molecule has 2 heteroatoms. The molecule has 13 rings (SSSR count). The molecule has 1 aliphatic heterocycles. The van der Waals surface area contributed by atoms with E-state index < -0.39 is 5.41 Å². The molecule has 1 aromatic heterocycles. The van der Waals surface area contributed by atoms with E-state index in [1.54, 1.807) is 0 Å². The maximum absolute atomic E-state index is 2.52. The second kappa shape index (κ2) is 13.9. The summed E-state index contributed by atoms with van der Waals surface area (Å²) in [6, 6.07) is 89.5. The Morgan fingerprint density at radius 2 is 0.873 bits per heavy atom. The maximum atomic E-state index is 2.52. The zero-order chi connectivity index (χ0) is 41.5. The molecule has 2 heterocycles. The summed E-state index contributed by atoms with van der Waals surface area (Å²) >= 11 is 0. The van der Waals surface area contributed by atoms with Crippen molar-refractivity contribution < 1.29 is 0 Å². The van der Waals surface area contributed by atoms with Crippen molar-refractivity contribution in [2.45, 2.75) is 5.41 Å². The first-order valence-corrected chi connectivity index (χ1v) is 21.9. The Morgan fingerprint density at radius 1 is 0.333 bits per heavy atom. The average molecular weight is 801 g/mol. The Kier molecular flexibility index (Phi) is 7.85. The van der Waals surface area contributed by atoms with Gasteiger partial charge in [0.1, 0.15) is 0 Å². The summed E-state index contributed by atoms with van der Waals surface area (Å²) in [5.41, 5.74) is 21.6. The molecule has 1 spiro atoms. The monoisotopic (exact) mass is 800 g/mol. The lowest BCUT2D eigenvalue weighted by molar-refractivity contribution is 0.748. The largest absolute Gasteiger partial charge is 0.310 e. The van der Waals surface area contributed by atoms with Crippen molar-refractivity contribution in [3.05, 3.63) is 265 Å². The molecule has 0 saturated heterocycles. The van der Waals surface area contributed by atoms with Crippen LogP contribution in [-0.2, 0) is 5.41 Å². The minimum atomic E-state index is -0.515. The van der Waals surface area contributed by atoms with E-state index in [-0.39, 0.29) is 0 Å². The predicted molar refractivity (Wildman–Crippen MR) is 263 cm³/mol. The van der Waals surface area contributed by atoms with Gasteiger partial charge in [0, 0.05) is 27.7 Å². The molecule has 0 saturated carbocycles. The van der Waals surface area contributed by atoms with Gasteiger partial charge < -0.3 is 9.47 Å². The topological polar surface area (TPSA) is 8.17 Å². The van der Waals surface area contributed by atoms with Crippen LogP contribution in [-0.4, -0.2) is 4.57 Å². The van der Waals surface area contributed by atoms with Crippen LogP contribution in [0.1, 0.15) is 22.3 Å². The molecule has 0 radical (unpaired) electrons. The van der Waals surface area contributed by atoms with Crippen LogP contribution in [0.2, 0.25) is 0 Å². The molecular formula is C61H40N2. The van der Waals surface area contributed by atoms with Crippen LogP contribution in [0.4, 0.5) is 17.1 Å². The summed E-state index contributed by atoms with van der Waals surface area (Å²) in [5, 5.41) is 2.57. The molecule has 1 unspecified atom stereocenters. The summed E-state index contributed by atoms with van der Waals surface area (Å²) in [4.78, 5) is 2.44. The smallest absolute Gasteiger partial charge is 0.0754 e. The SMILES string of the molecule is c1ccc(-c2cccc(N(c3cccc(-c4cccc5c4-c4ccccc4C54c5ccccc5-n5c6ccccc6c6cccc4c65)c3)c3ccccc3-c3ccccc3)c2)cc1. The first kappa shape index (κ1) is 35.5. The zero-order valence-corrected chi connectivity index (χ0v) is 34.5. The molecule has 63 heavy (non-hydrogen) atoms. The van der Waals surface area contributed by atoms with Crippen molar-refractivity contribution in [2.75, 3.05) is 4.90 Å². The zero-order valence-electron chi connectivity index (χ0n) is 34.5. The van der Waals surface area contributed by atoms with Gasteiger partial charge in [0.05, 0.1) is 27.8 Å². The quantitative estimate of drug-likeness (QED) is 0.163. The Hall–Kier alpha value is -8.20. The molecule has 0 bridgehead atoms. The molecule has 10 aromatic carbocycles. The maximum Gasteiger partial charge on any atom is 0.0754 e. The van der Waals surface area contributed by atoms with E-state index >= 15 is 0 Å². The van der Waals surface area contributed by atoms with E-state index in [0.717, 1.165) is 17.1 Å². The number of hydrogen-bond donors (Lipinski definition) is 0. The molecule has 1 atom stereocenters. The molecule has 2 aliphatic rings. The Labute approximate surface area is 367 Å². The first-order chi connectivity index (χ1) is 31.3. The predicted octanol–water partition coefficient (Wildman–Crippen LogP) is 15.9. The lowest BCUT2D eigenvalue weighted by Crippen LogP contribution is -2.33. The summed E-state index contributed by atoms with van der Waals surface area (Å²) in [6.45, 7) is 0. The minimum Gasteiger partial charge on any atom is -0.310 e. The number of hydrogen-bond acceptors (Lipinski definition) is 1. The summed E-state index contributed by atoms with van der Waals surface area (Å²) in [7, 11) is 0. The van der Waals surface area contributed by atoms with Crippen molar-refractivity contribution in [1.82, 2.24) is 4.57 Å². The van der Waals surface area contributed by atoms with Crippen LogP contribution in [0.3, 0.4) is 0 Å². The molecule has 0 fully saturated rings. The van der Waals surface area contributed by atoms with Gasteiger partial charge in [-0.3, -0.25) is 0 Å². The molecule has 294 valence electrons. The van der Waals surface area contributed by atoms with Crippen molar-refractivity contribution in [2.24, 2.45) is 0 Å². The van der Waals surface area contributed by atoms with Gasteiger partial charge in [-0.25, -0.2) is 0 Å². The fourth-order valence-corrected chi connectivity index (χ4v) is 11.1. The molecule has 2 nitrogen and oxygen atoms in total. The first-order valence-electron chi connectivity index (χ1n) is 21.9. The fraction of sp³-hybridized carbons (Fsp3) is 0.0164. The molecule has 1 aliphatic carbocycles. The third-order valence-corrected chi connectivity index (χ3v) is 13.6. The van der Waals surface area contributed by atoms with Gasteiger partial charge in [-0.1, -0.05) is 200 Å². The van der Waals surface area contributed by atoms with Crippen molar-refractivity contribution >= 4 is 38.9 Å². The fourth-order valence-electron chi connectivity index (χ4n) is 11.1. The van der Waals surface area contributed by atoms with Crippen LogP contribution in [0, 0.1) is 0 Å². The highest BCUT2D eigenvalue weighted by Crippen LogP contribution is 2.62. The number of fused-ring (bicyclic) bond motifs is 12. The third kappa shape index (κ3) is 5.13. The lowest BCUT2D eigenvalue weighted by Gasteiger charge is -2.39. The Balaban J connectivity index is 1.05. The number of benzene rings is 10. The standard InChI is InChI=1S/C61H40N2/c1-3-19-41(20-4-1)43-23-15-25-45(39-43)62(56-36-12-8-27-47(56)42-21-5-2-6-22-42)46-26-16-24-44(40-46)48-30-17-34-54-59(48)51-29-7-10-32-52(51)61(54)53-33-11-14-38-58(53)63-57-37-13-9-28-49(57)50-31-18-35-55(61)60(50)63/h1-40H. The minimum absolute atomic E-state index is 0.515. The van der Waals surface area contributed by atoms with Gasteiger partial charge in [-0.2, -0.15) is 0 Å². The van der Waals surface area contributed by atoms with Gasteiger partial charge in [-0.15, -0.1) is 0 Å². The van der Waals surface area contributed by atoms with Crippen molar-refractivity contribution in [3.8, 4) is 50.2 Å². The third-order valence-electron chi connectivity index (χ3n) is 13.6. The Morgan fingerprint density at radius 3 is 1.70 bits per heavy atom. The van der Waals surface area contributed by atoms with E-state index in [0.29, 0.717) is 0 Å². The summed E-state index contributed by atoms with van der Waals surface area (Å²) < 4.78 is 2.52. The highest BCUT2D eigenvalue weighted by molar-refractivity contribution is 6.13. The molecule has 11 aromatic rings. The molecule has 0 amide bonds. The van der Waals surface area contributed by atoms with Gasteiger partial charge in [0.15, 0.2) is 0 Å². The highest BCUT2D eigenvalue weighted by Gasteiger charge is 2.51. The van der Waals surface area contributed by atoms with Gasteiger partial charge >= 0.3 is 0 Å². The highest BCUT2D eigenvalue weighted by atomic mass is 15.1. The second-order valence-corrected chi connectivity index (χ2v) is 16.8. The average Bonchev–Trinajstić information content (AvgIpc) is 3.86. The van der Waals surface area contributed by atoms with Crippen LogP contribution in [0.25, 0.3) is 72.0 Å². The number of aromatic nitrogens is 1. The van der Waals surface area contributed by atoms with Crippen molar-refractivity contribution in [3.63, 3.8) is 0 Å². The molecular weight excluding hydrogens is 761 g/mol. The van der Waals surface area contributed by atoms with E-state index in [1.807, 2.05) is 0 Å². The lowest BCUT2D eigenvalue weighted by atomic mass is 9.65. The normalized spacial score (nSPS) is 14.4. The number of para-hydroxylation sites is 4. The van der Waals surface area contributed by atoms with E-state index in [2.05, 4.69) is 252 Å². The van der Waals surface area contributed by atoms with Gasteiger partial charge in [-0.05, 0) is 104 Å². The van der Waals surface area contributed by atoms with Gasteiger partial charge in [0.2, 0.25) is 0 Å². The van der Waals surface area contributed by atoms with Gasteiger partial charge in [0.25, 0.3) is 0 Å². The van der Waals surface area contributed by atoms with E-state index in [9.17, 15) is 0 Å². The number of nitrogens with zero attached hydrogens (tertiary/aromatic N) is 2. The number of anilines is 3. The van der Waals surface area contributed by atoms with Crippen LogP contribution in [0.15, 0.2) is 243 Å².